The van der Waals surface area contributed by atoms with Gasteiger partial charge in [0.15, 0.2) is 0 Å². The fourth-order valence-electron chi connectivity index (χ4n) is 2.61. The normalized spacial score (nSPS) is 24.7. The minimum atomic E-state index is -2.49. The molecule has 0 aromatic carbocycles. The van der Waals surface area contributed by atoms with Crippen LogP contribution in [-0.4, -0.2) is 16.9 Å². The second-order valence-electron chi connectivity index (χ2n) is 5.27. The van der Waals surface area contributed by atoms with Gasteiger partial charge in [0.2, 0.25) is 5.92 Å². The largest absolute Gasteiger partial charge is 0.307 e. The van der Waals surface area contributed by atoms with Gasteiger partial charge in [-0.1, -0.05) is 11.6 Å². The number of halogens is 3. The summed E-state index contributed by atoms with van der Waals surface area (Å²) in [5.41, 5.74) is 0.965. The van der Waals surface area contributed by atoms with Gasteiger partial charge in [-0.3, -0.25) is 4.98 Å². The highest BCUT2D eigenvalue weighted by molar-refractivity contribution is 6.31. The number of rotatable bonds is 3. The zero-order chi connectivity index (χ0) is 13.9. The van der Waals surface area contributed by atoms with E-state index in [1.54, 1.807) is 12.4 Å². The van der Waals surface area contributed by atoms with Gasteiger partial charge >= 0.3 is 0 Å². The molecule has 5 heteroatoms. The smallest absolute Gasteiger partial charge is 0.248 e. The molecule has 1 aromatic heterocycles. The van der Waals surface area contributed by atoms with E-state index in [0.717, 1.165) is 12.0 Å². The molecule has 106 valence electrons. The van der Waals surface area contributed by atoms with E-state index in [4.69, 9.17) is 11.6 Å². The van der Waals surface area contributed by atoms with Crippen LogP contribution in [0.5, 0.6) is 0 Å². The molecule has 19 heavy (non-hydrogen) atoms. The van der Waals surface area contributed by atoms with Crippen molar-refractivity contribution in [3.63, 3.8) is 0 Å². The van der Waals surface area contributed by atoms with E-state index < -0.39 is 5.92 Å². The molecular formula is C14H19ClF2N2. The van der Waals surface area contributed by atoms with Crippen molar-refractivity contribution in [2.45, 2.75) is 57.0 Å². The van der Waals surface area contributed by atoms with E-state index in [1.165, 1.54) is 0 Å². The minimum Gasteiger partial charge on any atom is -0.307 e. The average molecular weight is 289 g/mol. The Hall–Kier alpha value is -0.740. The number of alkyl halides is 2. The lowest BCUT2D eigenvalue weighted by Gasteiger charge is -2.23. The summed E-state index contributed by atoms with van der Waals surface area (Å²) in [6, 6.07) is 2.05. The summed E-state index contributed by atoms with van der Waals surface area (Å²) in [5.74, 6) is -2.49. The van der Waals surface area contributed by atoms with Crippen LogP contribution < -0.4 is 5.32 Å². The van der Waals surface area contributed by atoms with Gasteiger partial charge in [-0.05, 0) is 37.8 Å². The molecule has 1 fully saturated rings. The Balaban J connectivity index is 1.96. The molecule has 2 unspecified atom stereocenters. The van der Waals surface area contributed by atoms with Crippen molar-refractivity contribution in [2.24, 2.45) is 0 Å². The van der Waals surface area contributed by atoms with Crippen molar-refractivity contribution in [1.29, 1.82) is 0 Å². The molecule has 1 N–H and O–H groups in total. The highest BCUT2D eigenvalue weighted by Gasteiger charge is 2.32. The second kappa shape index (κ2) is 6.14. The number of nitrogens with zero attached hydrogens (tertiary/aromatic N) is 1. The van der Waals surface area contributed by atoms with Gasteiger partial charge in [-0.2, -0.15) is 0 Å². The maximum Gasteiger partial charge on any atom is 0.248 e. The molecule has 2 atom stereocenters. The first kappa shape index (κ1) is 14.7. The second-order valence-corrected chi connectivity index (χ2v) is 5.68. The minimum absolute atomic E-state index is 0.00950. The Labute approximate surface area is 117 Å². The highest BCUT2D eigenvalue weighted by Crippen LogP contribution is 2.33. The molecule has 1 saturated carbocycles. The van der Waals surface area contributed by atoms with Crippen molar-refractivity contribution in [3.8, 4) is 0 Å². The molecule has 0 bridgehead atoms. The number of hydrogen-bond donors (Lipinski definition) is 1. The molecule has 0 saturated heterocycles. The summed E-state index contributed by atoms with van der Waals surface area (Å²) in [4.78, 5) is 3.95. The van der Waals surface area contributed by atoms with Gasteiger partial charge in [-0.25, -0.2) is 8.78 Å². The number of aromatic nitrogens is 1. The monoisotopic (exact) mass is 288 g/mol. The van der Waals surface area contributed by atoms with E-state index in [1.807, 2.05) is 13.0 Å². The van der Waals surface area contributed by atoms with Crippen LogP contribution in [-0.2, 0) is 0 Å². The van der Waals surface area contributed by atoms with Gasteiger partial charge in [-0.15, -0.1) is 0 Å². The third-order valence-electron chi connectivity index (χ3n) is 3.71. The van der Waals surface area contributed by atoms with Crippen LogP contribution in [0.3, 0.4) is 0 Å². The lowest BCUT2D eigenvalue weighted by molar-refractivity contribution is -0.0144. The quantitative estimate of drug-likeness (QED) is 0.836. The maximum absolute atomic E-state index is 13.3. The summed E-state index contributed by atoms with van der Waals surface area (Å²) in [6.45, 7) is 2.00. The Bertz CT molecular complexity index is 426. The highest BCUT2D eigenvalue weighted by atomic mass is 35.5. The van der Waals surface area contributed by atoms with Crippen LogP contribution in [0, 0.1) is 0 Å². The molecule has 1 aliphatic rings. The standard InChI is InChI=1S/C14H19ClF2N2/c1-10(12-5-8-18-9-13(12)15)19-11-3-2-6-14(16,17)7-4-11/h5,8-11,19H,2-4,6-7H2,1H3. The first-order valence-electron chi connectivity index (χ1n) is 6.71. The van der Waals surface area contributed by atoms with Crippen molar-refractivity contribution in [3.05, 3.63) is 29.0 Å². The summed E-state index contributed by atoms with van der Waals surface area (Å²) >= 11 is 6.09. The molecule has 1 aromatic rings. The third-order valence-corrected chi connectivity index (χ3v) is 4.03. The molecule has 0 radical (unpaired) electrons. The Morgan fingerprint density at radius 3 is 2.95 bits per heavy atom. The zero-order valence-electron chi connectivity index (χ0n) is 11.0. The molecule has 0 aliphatic heterocycles. The van der Waals surface area contributed by atoms with Crippen LogP contribution in [0.25, 0.3) is 0 Å². The summed E-state index contributed by atoms with van der Waals surface area (Å²) < 4.78 is 26.6. The van der Waals surface area contributed by atoms with E-state index in [9.17, 15) is 8.78 Å². The molecule has 2 nitrogen and oxygen atoms in total. The average Bonchev–Trinajstić information content (AvgIpc) is 2.51. The van der Waals surface area contributed by atoms with Crippen LogP contribution >= 0.6 is 11.6 Å². The fraction of sp³-hybridized carbons (Fsp3) is 0.643. The lowest BCUT2D eigenvalue weighted by atomic mass is 10.0. The molecule has 2 rings (SSSR count). The summed E-state index contributed by atoms with van der Waals surface area (Å²) in [6.07, 6.45) is 5.16. The van der Waals surface area contributed by atoms with Gasteiger partial charge in [0, 0.05) is 37.3 Å². The van der Waals surface area contributed by atoms with Crippen molar-refractivity contribution >= 4 is 11.6 Å². The molecular weight excluding hydrogens is 270 g/mol. The maximum atomic E-state index is 13.3. The molecule has 1 heterocycles. The van der Waals surface area contributed by atoms with Crippen LogP contribution in [0.15, 0.2) is 18.5 Å². The zero-order valence-corrected chi connectivity index (χ0v) is 11.8. The number of nitrogens with one attached hydrogen (secondary N) is 1. The lowest BCUT2D eigenvalue weighted by Crippen LogP contribution is -2.31. The van der Waals surface area contributed by atoms with E-state index in [2.05, 4.69) is 10.3 Å². The van der Waals surface area contributed by atoms with Crippen molar-refractivity contribution in [1.82, 2.24) is 10.3 Å². The predicted octanol–water partition coefficient (Wildman–Crippen LogP) is 4.35. The SMILES string of the molecule is CC(NC1CCCC(F)(F)CC1)c1ccncc1Cl. The van der Waals surface area contributed by atoms with Crippen LogP contribution in [0.4, 0.5) is 8.78 Å². The summed E-state index contributed by atoms with van der Waals surface area (Å²) in [7, 11) is 0. The molecule has 0 amide bonds. The van der Waals surface area contributed by atoms with Crippen molar-refractivity contribution < 1.29 is 8.78 Å². The topological polar surface area (TPSA) is 24.9 Å². The van der Waals surface area contributed by atoms with Gasteiger partial charge in [0.25, 0.3) is 0 Å². The number of pyridine rings is 1. The van der Waals surface area contributed by atoms with Gasteiger partial charge in [0.1, 0.15) is 0 Å². The predicted molar refractivity (Wildman–Crippen MR) is 72.6 cm³/mol. The third kappa shape index (κ3) is 4.11. The first-order chi connectivity index (χ1) is 8.98. The molecule has 0 spiro atoms. The fourth-order valence-corrected chi connectivity index (χ4v) is 2.89. The van der Waals surface area contributed by atoms with Crippen LogP contribution in [0.1, 0.15) is 50.6 Å². The Morgan fingerprint density at radius 1 is 1.42 bits per heavy atom. The first-order valence-corrected chi connectivity index (χ1v) is 7.09. The van der Waals surface area contributed by atoms with Crippen molar-refractivity contribution in [2.75, 3.05) is 0 Å². The van der Waals surface area contributed by atoms with Gasteiger partial charge < -0.3 is 5.32 Å². The molecule has 1 aliphatic carbocycles. The number of hydrogen-bond acceptors (Lipinski definition) is 2. The van der Waals surface area contributed by atoms with Crippen LogP contribution in [0.2, 0.25) is 5.02 Å². The van der Waals surface area contributed by atoms with Gasteiger partial charge in [0.05, 0.1) is 5.02 Å². The summed E-state index contributed by atoms with van der Waals surface area (Å²) in [5, 5.41) is 4.02. The van der Waals surface area contributed by atoms with E-state index >= 15 is 0 Å². The Morgan fingerprint density at radius 2 is 2.21 bits per heavy atom. The Kier molecular flexibility index (Phi) is 4.74. The van der Waals surface area contributed by atoms with E-state index in [-0.39, 0.29) is 24.9 Å². The van der Waals surface area contributed by atoms with E-state index in [0.29, 0.717) is 17.9 Å².